The fraction of sp³-hybridized carbons (Fsp3) is 0.0952. The van der Waals surface area contributed by atoms with Gasteiger partial charge in [-0.25, -0.2) is 0 Å². The van der Waals surface area contributed by atoms with Crippen molar-refractivity contribution in [2.75, 3.05) is 0 Å². The van der Waals surface area contributed by atoms with E-state index in [9.17, 15) is 4.79 Å². The number of ether oxygens (including phenoxy) is 1. The molecule has 0 N–H and O–H groups in total. The molecule has 0 bridgehead atoms. The number of fused-ring (bicyclic) bond motifs is 1. The Labute approximate surface area is 135 Å². The minimum Gasteiger partial charge on any atom is -0.477 e. The zero-order valence-electron chi connectivity index (χ0n) is 12.6. The van der Waals surface area contributed by atoms with Gasteiger partial charge in [0.15, 0.2) is 11.4 Å². The van der Waals surface area contributed by atoms with Crippen LogP contribution in [0.1, 0.15) is 27.9 Å². The zero-order chi connectivity index (χ0) is 15.7. The number of benzene rings is 3. The minimum atomic E-state index is -0.770. The van der Waals surface area contributed by atoms with E-state index >= 15 is 0 Å². The van der Waals surface area contributed by atoms with Crippen molar-refractivity contribution in [3.63, 3.8) is 0 Å². The molecule has 0 aromatic heterocycles. The molecule has 1 aliphatic heterocycles. The van der Waals surface area contributed by atoms with Crippen LogP contribution in [0.2, 0.25) is 0 Å². The molecule has 1 aliphatic rings. The highest BCUT2D eigenvalue weighted by molar-refractivity contribution is 6.00. The highest BCUT2D eigenvalue weighted by Crippen LogP contribution is 2.43. The van der Waals surface area contributed by atoms with Gasteiger partial charge in [0.05, 0.1) is 12.0 Å². The van der Waals surface area contributed by atoms with Crippen molar-refractivity contribution >= 4 is 5.78 Å². The summed E-state index contributed by atoms with van der Waals surface area (Å²) in [7, 11) is 0. The van der Waals surface area contributed by atoms with Crippen molar-refractivity contribution in [3.8, 4) is 5.75 Å². The first-order chi connectivity index (χ1) is 11.3. The Morgan fingerprint density at radius 1 is 0.696 bits per heavy atom. The van der Waals surface area contributed by atoms with Crippen LogP contribution in [0.25, 0.3) is 0 Å². The zero-order valence-corrected chi connectivity index (χ0v) is 12.6. The van der Waals surface area contributed by atoms with Crippen molar-refractivity contribution in [3.05, 3.63) is 102 Å². The quantitative estimate of drug-likeness (QED) is 0.691. The van der Waals surface area contributed by atoms with Crippen molar-refractivity contribution in [2.24, 2.45) is 0 Å². The summed E-state index contributed by atoms with van der Waals surface area (Å²) in [6.07, 6.45) is 0.304. The standard InChI is InChI=1S/C21H16O2/c22-19-15-21(16-9-3-1-4-10-16,17-11-5-2-6-12-17)23-20-14-8-7-13-18(19)20/h1-14H,15H2. The van der Waals surface area contributed by atoms with Gasteiger partial charge in [-0.15, -0.1) is 0 Å². The Kier molecular flexibility index (Phi) is 3.23. The van der Waals surface area contributed by atoms with Crippen LogP contribution in [-0.4, -0.2) is 5.78 Å². The minimum absolute atomic E-state index is 0.111. The van der Waals surface area contributed by atoms with E-state index in [4.69, 9.17) is 4.74 Å². The van der Waals surface area contributed by atoms with Crippen molar-refractivity contribution in [1.82, 2.24) is 0 Å². The normalized spacial score (nSPS) is 15.6. The summed E-state index contributed by atoms with van der Waals surface area (Å²) in [6.45, 7) is 0. The predicted octanol–water partition coefficient (Wildman–Crippen LogP) is 4.60. The predicted molar refractivity (Wildman–Crippen MR) is 89.7 cm³/mol. The number of para-hydroxylation sites is 1. The van der Waals surface area contributed by atoms with Gasteiger partial charge in [-0.3, -0.25) is 4.79 Å². The highest BCUT2D eigenvalue weighted by Gasteiger charge is 2.43. The Balaban J connectivity index is 1.94. The number of hydrogen-bond acceptors (Lipinski definition) is 2. The Hall–Kier alpha value is -2.87. The molecule has 0 saturated carbocycles. The summed E-state index contributed by atoms with van der Waals surface area (Å²) in [5.74, 6) is 0.760. The molecule has 1 heterocycles. The van der Waals surface area contributed by atoms with Crippen LogP contribution in [0.15, 0.2) is 84.9 Å². The lowest BCUT2D eigenvalue weighted by Crippen LogP contribution is -2.40. The molecule has 0 unspecified atom stereocenters. The second kappa shape index (κ2) is 5.40. The molecule has 0 amide bonds. The van der Waals surface area contributed by atoms with Gasteiger partial charge in [-0.05, 0) is 12.1 Å². The first-order valence-electron chi connectivity index (χ1n) is 7.72. The number of carbonyl (C=O) groups excluding carboxylic acids is 1. The summed E-state index contributed by atoms with van der Waals surface area (Å²) >= 11 is 0. The van der Waals surface area contributed by atoms with E-state index < -0.39 is 5.60 Å². The van der Waals surface area contributed by atoms with E-state index in [1.165, 1.54) is 0 Å². The van der Waals surface area contributed by atoms with E-state index in [1.807, 2.05) is 84.9 Å². The van der Waals surface area contributed by atoms with E-state index in [2.05, 4.69) is 0 Å². The maximum Gasteiger partial charge on any atom is 0.171 e. The number of carbonyl (C=O) groups is 1. The molecule has 23 heavy (non-hydrogen) atoms. The molecule has 0 spiro atoms. The number of rotatable bonds is 2. The average molecular weight is 300 g/mol. The van der Waals surface area contributed by atoms with Gasteiger partial charge in [0.1, 0.15) is 5.75 Å². The first kappa shape index (κ1) is 13.8. The molecule has 0 radical (unpaired) electrons. The molecular weight excluding hydrogens is 284 g/mol. The van der Waals surface area contributed by atoms with E-state index in [0.29, 0.717) is 17.7 Å². The van der Waals surface area contributed by atoms with Gasteiger partial charge in [-0.2, -0.15) is 0 Å². The first-order valence-corrected chi connectivity index (χ1v) is 7.72. The summed E-state index contributed by atoms with van der Waals surface area (Å²) in [6, 6.07) is 27.4. The van der Waals surface area contributed by atoms with Crippen LogP contribution < -0.4 is 4.74 Å². The van der Waals surface area contributed by atoms with E-state index in [1.54, 1.807) is 0 Å². The number of Topliss-reactive ketones (excluding diaryl/α,β-unsaturated/α-hetero) is 1. The van der Waals surface area contributed by atoms with Gasteiger partial charge in [-0.1, -0.05) is 72.8 Å². The fourth-order valence-corrected chi connectivity index (χ4v) is 3.23. The van der Waals surface area contributed by atoms with E-state index in [0.717, 1.165) is 11.1 Å². The summed E-state index contributed by atoms with van der Waals surface area (Å²) < 4.78 is 6.44. The third-order valence-electron chi connectivity index (χ3n) is 4.36. The molecule has 0 atom stereocenters. The third kappa shape index (κ3) is 2.23. The monoisotopic (exact) mass is 300 g/mol. The molecule has 112 valence electrons. The van der Waals surface area contributed by atoms with Gasteiger partial charge in [0.25, 0.3) is 0 Å². The molecule has 0 aliphatic carbocycles. The second-order valence-electron chi connectivity index (χ2n) is 5.76. The van der Waals surface area contributed by atoms with Crippen molar-refractivity contribution in [2.45, 2.75) is 12.0 Å². The van der Waals surface area contributed by atoms with Crippen LogP contribution in [0.4, 0.5) is 0 Å². The van der Waals surface area contributed by atoms with Crippen LogP contribution in [0.5, 0.6) is 5.75 Å². The Morgan fingerprint density at radius 2 is 1.22 bits per heavy atom. The third-order valence-corrected chi connectivity index (χ3v) is 4.36. The average Bonchev–Trinajstić information content (AvgIpc) is 2.63. The Morgan fingerprint density at radius 3 is 1.83 bits per heavy atom. The lowest BCUT2D eigenvalue weighted by Gasteiger charge is -2.38. The number of hydrogen-bond donors (Lipinski definition) is 0. The molecule has 3 aromatic carbocycles. The molecule has 0 saturated heterocycles. The topological polar surface area (TPSA) is 26.3 Å². The number of ketones is 1. The SMILES string of the molecule is O=C1CC(c2ccccc2)(c2ccccc2)Oc2ccccc21. The maximum atomic E-state index is 12.8. The molecule has 2 heteroatoms. The van der Waals surface area contributed by atoms with Gasteiger partial charge in [0.2, 0.25) is 0 Å². The van der Waals surface area contributed by atoms with Crippen molar-refractivity contribution < 1.29 is 9.53 Å². The van der Waals surface area contributed by atoms with Crippen LogP contribution in [0.3, 0.4) is 0 Å². The van der Waals surface area contributed by atoms with Crippen LogP contribution in [-0.2, 0) is 5.60 Å². The summed E-state index contributed by atoms with van der Waals surface area (Å²) in [5, 5.41) is 0. The molecule has 2 nitrogen and oxygen atoms in total. The molecule has 0 fully saturated rings. The fourth-order valence-electron chi connectivity index (χ4n) is 3.23. The van der Waals surface area contributed by atoms with Crippen molar-refractivity contribution in [1.29, 1.82) is 0 Å². The molecular formula is C21H16O2. The van der Waals surface area contributed by atoms with E-state index in [-0.39, 0.29) is 5.78 Å². The largest absolute Gasteiger partial charge is 0.477 e. The molecule has 4 rings (SSSR count). The smallest absolute Gasteiger partial charge is 0.171 e. The lowest BCUT2D eigenvalue weighted by molar-refractivity contribution is 0.0617. The van der Waals surface area contributed by atoms with Gasteiger partial charge >= 0.3 is 0 Å². The summed E-state index contributed by atoms with van der Waals surface area (Å²) in [4.78, 5) is 12.8. The van der Waals surface area contributed by atoms with Gasteiger partial charge in [0, 0.05) is 11.1 Å². The Bertz CT molecular complexity index is 798. The lowest BCUT2D eigenvalue weighted by atomic mass is 9.79. The van der Waals surface area contributed by atoms with Crippen LogP contribution in [0, 0.1) is 0 Å². The highest BCUT2D eigenvalue weighted by atomic mass is 16.5. The summed E-state index contributed by atoms with van der Waals surface area (Å²) in [5.41, 5.74) is 1.88. The molecule has 3 aromatic rings. The van der Waals surface area contributed by atoms with Gasteiger partial charge < -0.3 is 4.74 Å². The van der Waals surface area contributed by atoms with Crippen LogP contribution >= 0.6 is 0 Å². The second-order valence-corrected chi connectivity index (χ2v) is 5.76. The maximum absolute atomic E-state index is 12.8.